The van der Waals surface area contributed by atoms with Gasteiger partial charge in [0.05, 0.1) is 0 Å². The lowest BCUT2D eigenvalue weighted by Gasteiger charge is -2.33. The highest BCUT2D eigenvalue weighted by Gasteiger charge is 2.22. The molecule has 0 aliphatic heterocycles. The van der Waals surface area contributed by atoms with E-state index in [4.69, 9.17) is 11.5 Å². The average molecular weight is 275 g/mol. The van der Waals surface area contributed by atoms with Crippen LogP contribution < -0.4 is 11.5 Å². The molecule has 1 fully saturated rings. The van der Waals surface area contributed by atoms with E-state index < -0.39 is 5.91 Å². The van der Waals surface area contributed by atoms with Gasteiger partial charge in [-0.25, -0.2) is 0 Å². The molecule has 4 nitrogen and oxygen atoms in total. The van der Waals surface area contributed by atoms with E-state index in [1.54, 1.807) is 12.1 Å². The maximum atomic E-state index is 11.1. The summed E-state index contributed by atoms with van der Waals surface area (Å²) in [5, 5.41) is 0. The number of hydrogen-bond donors (Lipinski definition) is 2. The molecule has 0 saturated heterocycles. The quantitative estimate of drug-likeness (QED) is 0.829. The Morgan fingerprint density at radius 2 is 1.95 bits per heavy atom. The summed E-state index contributed by atoms with van der Waals surface area (Å²) in [7, 11) is 2.15. The topological polar surface area (TPSA) is 72.3 Å². The molecule has 1 aromatic rings. The normalized spacial score (nSPS) is 22.9. The molecule has 4 N–H and O–H groups in total. The molecule has 2 rings (SSSR count). The molecule has 1 amide bonds. The molecule has 1 saturated carbocycles. The van der Waals surface area contributed by atoms with E-state index in [-0.39, 0.29) is 0 Å². The maximum absolute atomic E-state index is 11.1. The van der Waals surface area contributed by atoms with E-state index >= 15 is 0 Å². The van der Waals surface area contributed by atoms with Gasteiger partial charge in [0.15, 0.2) is 0 Å². The second kappa shape index (κ2) is 6.27. The Kier molecular flexibility index (Phi) is 4.65. The number of anilines is 1. The average Bonchev–Trinajstić information content (AvgIpc) is 2.41. The van der Waals surface area contributed by atoms with Gasteiger partial charge in [-0.15, -0.1) is 0 Å². The Hall–Kier alpha value is -1.55. The maximum Gasteiger partial charge on any atom is 0.248 e. The summed E-state index contributed by atoms with van der Waals surface area (Å²) in [6.07, 6.45) is 5.14. The largest absolute Gasteiger partial charge is 0.398 e. The van der Waals surface area contributed by atoms with Crippen LogP contribution in [0.2, 0.25) is 0 Å². The number of hydrogen-bond acceptors (Lipinski definition) is 3. The van der Waals surface area contributed by atoms with Crippen molar-refractivity contribution in [3.05, 3.63) is 29.3 Å². The van der Waals surface area contributed by atoms with Crippen LogP contribution in [-0.4, -0.2) is 23.9 Å². The molecule has 0 spiro atoms. The van der Waals surface area contributed by atoms with Crippen LogP contribution in [0.25, 0.3) is 0 Å². The molecular formula is C16H25N3O. The second-order valence-electron chi connectivity index (χ2n) is 6.11. The molecule has 4 heteroatoms. The van der Waals surface area contributed by atoms with Gasteiger partial charge >= 0.3 is 0 Å². The summed E-state index contributed by atoms with van der Waals surface area (Å²) in [4.78, 5) is 13.5. The SMILES string of the molecule is CC1CCC(N(C)Cc2ccc(C(N)=O)cc2N)CC1. The van der Waals surface area contributed by atoms with Crippen molar-refractivity contribution in [2.24, 2.45) is 11.7 Å². The van der Waals surface area contributed by atoms with E-state index in [1.165, 1.54) is 25.7 Å². The first kappa shape index (κ1) is 14.9. The summed E-state index contributed by atoms with van der Waals surface area (Å²) in [5.74, 6) is 0.428. The third-order valence-electron chi connectivity index (χ3n) is 4.46. The summed E-state index contributed by atoms with van der Waals surface area (Å²) in [5.41, 5.74) is 13.5. The minimum absolute atomic E-state index is 0.433. The van der Waals surface area contributed by atoms with Gasteiger partial charge < -0.3 is 11.5 Å². The van der Waals surface area contributed by atoms with Crippen LogP contribution in [-0.2, 0) is 6.54 Å². The highest BCUT2D eigenvalue weighted by Crippen LogP contribution is 2.28. The van der Waals surface area contributed by atoms with Crippen molar-refractivity contribution in [2.75, 3.05) is 12.8 Å². The number of benzene rings is 1. The Bertz CT molecular complexity index is 479. The van der Waals surface area contributed by atoms with Crippen LogP contribution >= 0.6 is 0 Å². The molecule has 0 radical (unpaired) electrons. The first-order chi connectivity index (χ1) is 9.47. The number of carbonyl (C=O) groups excluding carboxylic acids is 1. The first-order valence-electron chi connectivity index (χ1n) is 7.36. The van der Waals surface area contributed by atoms with Gasteiger partial charge in [0.1, 0.15) is 0 Å². The van der Waals surface area contributed by atoms with Gasteiger partial charge in [-0.1, -0.05) is 13.0 Å². The predicted molar refractivity (Wildman–Crippen MR) is 82.3 cm³/mol. The Morgan fingerprint density at radius 1 is 1.30 bits per heavy atom. The van der Waals surface area contributed by atoms with E-state index in [9.17, 15) is 4.79 Å². The first-order valence-corrected chi connectivity index (χ1v) is 7.36. The van der Waals surface area contributed by atoms with Crippen LogP contribution in [0.15, 0.2) is 18.2 Å². The van der Waals surface area contributed by atoms with Gasteiger partial charge in [0.2, 0.25) is 5.91 Å². The number of carbonyl (C=O) groups is 1. The molecule has 0 unspecified atom stereocenters. The zero-order valence-corrected chi connectivity index (χ0v) is 12.4. The van der Waals surface area contributed by atoms with Crippen LogP contribution in [0.1, 0.15) is 48.5 Å². The minimum atomic E-state index is -0.433. The number of primary amides is 1. The zero-order valence-electron chi connectivity index (χ0n) is 12.4. The van der Waals surface area contributed by atoms with E-state index in [1.807, 2.05) is 6.07 Å². The molecular weight excluding hydrogens is 250 g/mol. The lowest BCUT2D eigenvalue weighted by Crippen LogP contribution is -2.34. The van der Waals surface area contributed by atoms with Crippen molar-refractivity contribution < 1.29 is 4.79 Å². The smallest absolute Gasteiger partial charge is 0.248 e. The van der Waals surface area contributed by atoms with Crippen LogP contribution in [0.3, 0.4) is 0 Å². The van der Waals surface area contributed by atoms with Crippen molar-refractivity contribution >= 4 is 11.6 Å². The molecule has 20 heavy (non-hydrogen) atoms. The highest BCUT2D eigenvalue weighted by molar-refractivity contribution is 5.93. The van der Waals surface area contributed by atoms with Gasteiger partial charge in [0.25, 0.3) is 0 Å². The fourth-order valence-corrected chi connectivity index (χ4v) is 2.97. The predicted octanol–water partition coefficient (Wildman–Crippen LogP) is 2.38. The third-order valence-corrected chi connectivity index (χ3v) is 4.46. The molecule has 0 aromatic heterocycles. The minimum Gasteiger partial charge on any atom is -0.398 e. The monoisotopic (exact) mass is 275 g/mol. The highest BCUT2D eigenvalue weighted by atomic mass is 16.1. The standard InChI is InChI=1S/C16H25N3O/c1-11-3-7-14(8-4-11)19(2)10-13-6-5-12(16(18)20)9-15(13)17/h5-6,9,11,14H,3-4,7-8,10,17H2,1-2H3,(H2,18,20). The number of nitrogens with zero attached hydrogens (tertiary/aromatic N) is 1. The Balaban J connectivity index is 2.00. The number of rotatable bonds is 4. The fraction of sp³-hybridized carbons (Fsp3) is 0.562. The summed E-state index contributed by atoms with van der Waals surface area (Å²) < 4.78 is 0. The fourth-order valence-electron chi connectivity index (χ4n) is 2.97. The number of nitrogen functional groups attached to an aromatic ring is 1. The molecule has 0 heterocycles. The Morgan fingerprint density at radius 3 is 2.50 bits per heavy atom. The number of nitrogens with two attached hydrogens (primary N) is 2. The third kappa shape index (κ3) is 3.51. The van der Waals surface area contributed by atoms with E-state index in [0.717, 1.165) is 18.0 Å². The lowest BCUT2D eigenvalue weighted by atomic mass is 9.86. The summed E-state index contributed by atoms with van der Waals surface area (Å²) in [6, 6.07) is 5.98. The second-order valence-corrected chi connectivity index (χ2v) is 6.11. The van der Waals surface area contributed by atoms with Crippen molar-refractivity contribution in [2.45, 2.75) is 45.2 Å². The molecule has 1 aliphatic rings. The van der Waals surface area contributed by atoms with E-state index in [2.05, 4.69) is 18.9 Å². The molecule has 110 valence electrons. The van der Waals surface area contributed by atoms with Crippen molar-refractivity contribution in [3.8, 4) is 0 Å². The summed E-state index contributed by atoms with van der Waals surface area (Å²) in [6.45, 7) is 3.15. The molecule has 1 aromatic carbocycles. The molecule has 1 aliphatic carbocycles. The lowest BCUT2D eigenvalue weighted by molar-refractivity contribution is 0.100. The summed E-state index contributed by atoms with van der Waals surface area (Å²) >= 11 is 0. The van der Waals surface area contributed by atoms with E-state index in [0.29, 0.717) is 17.3 Å². The van der Waals surface area contributed by atoms with Crippen molar-refractivity contribution in [3.63, 3.8) is 0 Å². The van der Waals surface area contributed by atoms with Crippen molar-refractivity contribution in [1.29, 1.82) is 0 Å². The van der Waals surface area contributed by atoms with Crippen LogP contribution in [0.5, 0.6) is 0 Å². The van der Waals surface area contributed by atoms with Gasteiger partial charge in [-0.2, -0.15) is 0 Å². The zero-order chi connectivity index (χ0) is 14.7. The van der Waals surface area contributed by atoms with Gasteiger partial charge in [-0.3, -0.25) is 9.69 Å². The van der Waals surface area contributed by atoms with Gasteiger partial charge in [0, 0.05) is 23.8 Å². The Labute approximate surface area is 121 Å². The molecule has 0 atom stereocenters. The molecule has 0 bridgehead atoms. The number of amides is 1. The van der Waals surface area contributed by atoms with Crippen molar-refractivity contribution in [1.82, 2.24) is 4.90 Å². The van der Waals surface area contributed by atoms with Gasteiger partial charge in [-0.05, 0) is 56.3 Å². The van der Waals surface area contributed by atoms with Crippen LogP contribution in [0, 0.1) is 5.92 Å². The van der Waals surface area contributed by atoms with Crippen LogP contribution in [0.4, 0.5) is 5.69 Å².